The SMILES string of the molecule is CCCCOc1ccc2ccccc2c1[S+]1CCCC1.O=S(=O)([O-])C(F)(F)C(F)(F)C(F)(F)C(F)(F)F. The summed E-state index contributed by atoms with van der Waals surface area (Å²) in [4.78, 5) is 1.50. The number of hydrogen-bond donors (Lipinski definition) is 0. The fourth-order valence-corrected chi connectivity index (χ4v) is 6.41. The molecule has 3 rings (SSSR count). The number of fused-ring (bicyclic) bond motifs is 1. The Balaban J connectivity index is 0.000000265. The lowest BCUT2D eigenvalue weighted by Crippen LogP contribution is -2.63. The summed E-state index contributed by atoms with van der Waals surface area (Å²) in [6.45, 7) is 3.06. The molecule has 2 aromatic carbocycles. The Hall–Kier alpha value is -1.87. The molecule has 0 atom stereocenters. The van der Waals surface area contributed by atoms with Gasteiger partial charge in [-0.25, -0.2) is 8.42 Å². The van der Waals surface area contributed by atoms with Crippen LogP contribution in [0.4, 0.5) is 39.5 Å². The predicted molar refractivity (Wildman–Crippen MR) is 120 cm³/mol. The topological polar surface area (TPSA) is 66.4 Å². The highest BCUT2D eigenvalue weighted by Gasteiger charge is 2.83. The van der Waals surface area contributed by atoms with Crippen LogP contribution in [0.15, 0.2) is 41.3 Å². The van der Waals surface area contributed by atoms with Crippen molar-refractivity contribution < 1.29 is 57.2 Å². The first-order valence-electron chi connectivity index (χ1n) is 10.9. The average Bonchev–Trinajstić information content (AvgIpc) is 3.32. The van der Waals surface area contributed by atoms with Gasteiger partial charge >= 0.3 is 23.3 Å². The highest BCUT2D eigenvalue weighted by Crippen LogP contribution is 2.54. The zero-order chi connectivity index (χ0) is 28.3. The molecule has 4 nitrogen and oxygen atoms in total. The van der Waals surface area contributed by atoms with Gasteiger partial charge in [0.25, 0.3) is 0 Å². The van der Waals surface area contributed by atoms with Gasteiger partial charge in [0, 0.05) is 16.3 Å². The number of alkyl halides is 9. The molecule has 0 aromatic heterocycles. The van der Waals surface area contributed by atoms with Gasteiger partial charge in [-0.2, -0.15) is 39.5 Å². The molecule has 2 aromatic rings. The monoisotopic (exact) mass is 586 g/mol. The number of benzene rings is 2. The van der Waals surface area contributed by atoms with E-state index in [9.17, 15) is 52.5 Å². The van der Waals surface area contributed by atoms with Crippen LogP contribution in [0, 0.1) is 0 Å². The third kappa shape index (κ3) is 6.41. The first-order chi connectivity index (χ1) is 16.9. The molecule has 1 aliphatic heterocycles. The number of halogens is 9. The Morgan fingerprint density at radius 3 is 1.97 bits per heavy atom. The van der Waals surface area contributed by atoms with E-state index in [1.165, 1.54) is 46.4 Å². The van der Waals surface area contributed by atoms with E-state index < -0.39 is 33.4 Å². The van der Waals surface area contributed by atoms with Crippen LogP contribution in [0.25, 0.3) is 10.8 Å². The zero-order valence-corrected chi connectivity index (χ0v) is 20.9. The molecule has 0 aliphatic carbocycles. The summed E-state index contributed by atoms with van der Waals surface area (Å²) in [5, 5.41) is -4.35. The molecule has 1 heterocycles. The molecule has 1 aliphatic rings. The summed E-state index contributed by atoms with van der Waals surface area (Å²) < 4.78 is 142. The smallest absolute Gasteiger partial charge is 0.460 e. The maximum absolute atomic E-state index is 12.2. The van der Waals surface area contributed by atoms with Crippen molar-refractivity contribution in [1.82, 2.24) is 0 Å². The van der Waals surface area contributed by atoms with Crippen LogP contribution in [-0.2, 0) is 21.0 Å². The van der Waals surface area contributed by atoms with Crippen LogP contribution in [-0.4, -0.2) is 54.4 Å². The van der Waals surface area contributed by atoms with Gasteiger partial charge in [-0.15, -0.1) is 0 Å². The molecule has 210 valence electrons. The first-order valence-corrected chi connectivity index (χ1v) is 13.8. The minimum absolute atomic E-state index is 0.393. The van der Waals surface area contributed by atoms with Crippen molar-refractivity contribution in [3.05, 3.63) is 36.4 Å². The summed E-state index contributed by atoms with van der Waals surface area (Å²) in [7, 11) is -7.02. The summed E-state index contributed by atoms with van der Waals surface area (Å²) in [5.74, 6) is -11.0. The van der Waals surface area contributed by atoms with Crippen LogP contribution in [0.3, 0.4) is 0 Å². The molecule has 0 unspecified atom stereocenters. The number of rotatable bonds is 8. The molecule has 15 heteroatoms. The van der Waals surface area contributed by atoms with E-state index in [1.54, 1.807) is 0 Å². The maximum Gasteiger partial charge on any atom is 0.460 e. The molecule has 0 bridgehead atoms. The second-order valence-electron chi connectivity index (χ2n) is 8.04. The fourth-order valence-electron chi connectivity index (χ4n) is 3.34. The van der Waals surface area contributed by atoms with Gasteiger partial charge < -0.3 is 9.29 Å². The summed E-state index contributed by atoms with van der Waals surface area (Å²) >= 11 is 0. The van der Waals surface area contributed by atoms with Gasteiger partial charge in [0.15, 0.2) is 15.9 Å². The van der Waals surface area contributed by atoms with Gasteiger partial charge in [-0.3, -0.25) is 0 Å². The molecule has 1 fully saturated rings. The molecular weight excluding hydrogens is 563 g/mol. The number of unbranched alkanes of at least 4 members (excludes halogenated alkanes) is 1. The average molecular weight is 587 g/mol. The lowest BCUT2D eigenvalue weighted by molar-refractivity contribution is -0.382. The second kappa shape index (κ2) is 11.5. The van der Waals surface area contributed by atoms with E-state index >= 15 is 0 Å². The van der Waals surface area contributed by atoms with Crippen LogP contribution in [0.2, 0.25) is 0 Å². The van der Waals surface area contributed by atoms with Gasteiger partial charge in [-0.1, -0.05) is 37.6 Å². The molecular formula is C22H23F9O4S2. The lowest BCUT2D eigenvalue weighted by Gasteiger charge is -2.34. The van der Waals surface area contributed by atoms with Gasteiger partial charge in [0.05, 0.1) is 6.61 Å². The maximum atomic E-state index is 12.2. The van der Waals surface area contributed by atoms with Crippen LogP contribution < -0.4 is 4.74 Å². The highest BCUT2D eigenvalue weighted by molar-refractivity contribution is 7.97. The summed E-state index contributed by atoms with van der Waals surface area (Å²) in [6, 6.07) is 13.2. The van der Waals surface area contributed by atoms with Crippen molar-refractivity contribution in [1.29, 1.82) is 0 Å². The molecule has 0 N–H and O–H groups in total. The highest BCUT2D eigenvalue weighted by atomic mass is 32.2. The van der Waals surface area contributed by atoms with Crippen molar-refractivity contribution in [3.63, 3.8) is 0 Å². The largest absolute Gasteiger partial charge is 0.743 e. The van der Waals surface area contributed by atoms with E-state index in [2.05, 4.69) is 43.3 Å². The first kappa shape index (κ1) is 31.3. The molecule has 37 heavy (non-hydrogen) atoms. The standard InChI is InChI=1S/C18H23OS.C4HF9O3S/c1-2-3-12-19-17-11-10-15-8-4-5-9-16(15)18(17)20-13-6-7-14-20;5-1(6,3(9,10)11)2(7,8)4(12,13)17(14,15)16/h4-5,8-11H,2-3,6-7,12-14H2,1H3;(H,14,15,16)/q+1;/p-1. The minimum atomic E-state index is -7.43. The van der Waals surface area contributed by atoms with Crippen molar-refractivity contribution in [2.45, 2.75) is 60.8 Å². The van der Waals surface area contributed by atoms with Crippen LogP contribution in [0.1, 0.15) is 32.6 Å². The van der Waals surface area contributed by atoms with Crippen molar-refractivity contribution in [3.8, 4) is 5.75 Å². The molecule has 0 spiro atoms. The number of hydrogen-bond acceptors (Lipinski definition) is 4. The van der Waals surface area contributed by atoms with Crippen molar-refractivity contribution in [2.24, 2.45) is 0 Å². The Labute approximate surface area is 210 Å². The van der Waals surface area contributed by atoms with E-state index in [0.717, 1.165) is 18.8 Å². The zero-order valence-electron chi connectivity index (χ0n) is 19.3. The fraction of sp³-hybridized carbons (Fsp3) is 0.545. The van der Waals surface area contributed by atoms with Crippen LogP contribution in [0.5, 0.6) is 5.75 Å². The Kier molecular flexibility index (Phi) is 9.72. The lowest BCUT2D eigenvalue weighted by atomic mass is 10.1. The van der Waals surface area contributed by atoms with E-state index in [-0.39, 0.29) is 0 Å². The van der Waals surface area contributed by atoms with Gasteiger partial charge in [-0.05, 0) is 36.8 Å². The molecule has 1 saturated heterocycles. The van der Waals surface area contributed by atoms with Gasteiger partial charge in [0.1, 0.15) is 11.5 Å². The van der Waals surface area contributed by atoms with E-state index in [4.69, 9.17) is 4.74 Å². The van der Waals surface area contributed by atoms with E-state index in [1.807, 2.05) is 0 Å². The Bertz CT molecular complexity index is 1160. The van der Waals surface area contributed by atoms with Crippen molar-refractivity contribution in [2.75, 3.05) is 18.1 Å². The third-order valence-corrected chi connectivity index (χ3v) is 8.79. The van der Waals surface area contributed by atoms with Crippen LogP contribution >= 0.6 is 0 Å². The Morgan fingerprint density at radius 1 is 0.892 bits per heavy atom. The molecule has 0 radical (unpaired) electrons. The quantitative estimate of drug-likeness (QED) is 0.149. The normalized spacial score (nSPS) is 16.0. The van der Waals surface area contributed by atoms with Crippen molar-refractivity contribution >= 4 is 31.8 Å². The predicted octanol–water partition coefficient (Wildman–Crippen LogP) is 6.75. The minimum Gasteiger partial charge on any atom is -0.743 e. The van der Waals surface area contributed by atoms with E-state index in [0.29, 0.717) is 10.9 Å². The Morgan fingerprint density at radius 2 is 1.46 bits per heavy atom. The van der Waals surface area contributed by atoms with Gasteiger partial charge in [0.2, 0.25) is 4.90 Å². The summed E-state index contributed by atoms with van der Waals surface area (Å²) in [6.07, 6.45) is -2.08. The third-order valence-electron chi connectivity index (χ3n) is 5.35. The second-order valence-corrected chi connectivity index (χ2v) is 11.7. The number of ether oxygens (including phenoxy) is 1. The molecule has 0 saturated carbocycles. The molecule has 0 amide bonds. The summed E-state index contributed by atoms with van der Waals surface area (Å²) in [5.41, 5.74) is 0.